The van der Waals surface area contributed by atoms with Crippen LogP contribution in [-0.2, 0) is 0 Å². The van der Waals surface area contributed by atoms with Gasteiger partial charge in [0.15, 0.2) is 5.89 Å². The molecule has 0 N–H and O–H groups in total. The number of hydrogen-bond acceptors (Lipinski definition) is 3. The first kappa shape index (κ1) is 6.34. The van der Waals surface area contributed by atoms with E-state index in [-0.39, 0.29) is 0 Å². The van der Waals surface area contributed by atoms with Crippen molar-refractivity contribution in [1.29, 1.82) is 0 Å². The molecule has 11 heavy (non-hydrogen) atoms. The largest absolute Gasteiger partial charge is 0.423 e. The van der Waals surface area contributed by atoms with E-state index in [1.807, 2.05) is 19.9 Å². The van der Waals surface area contributed by atoms with Crippen LogP contribution in [0.1, 0.15) is 11.5 Å². The highest BCUT2D eigenvalue weighted by atomic mass is 16.4. The molecule has 0 aliphatic heterocycles. The summed E-state index contributed by atoms with van der Waals surface area (Å²) < 4.78 is 5.20. The average Bonchev–Trinajstić information content (AvgIpc) is 2.27. The van der Waals surface area contributed by atoms with Crippen molar-refractivity contribution in [3.05, 3.63) is 23.7 Å². The number of hydrogen-bond donors (Lipinski definition) is 0. The standard InChI is InChI=1S/C8H8N2O/c1-5-3-7-8(9-4-5)11-6(2)10-7/h3-4H,1-2H3. The number of pyridine rings is 1. The molecule has 0 atom stereocenters. The molecule has 2 rings (SSSR count). The van der Waals surface area contributed by atoms with Crippen molar-refractivity contribution in [2.75, 3.05) is 0 Å². The third-order valence-electron chi connectivity index (χ3n) is 1.49. The van der Waals surface area contributed by atoms with Gasteiger partial charge in [-0.2, -0.15) is 0 Å². The van der Waals surface area contributed by atoms with E-state index in [0.29, 0.717) is 11.6 Å². The number of rotatable bonds is 0. The van der Waals surface area contributed by atoms with Gasteiger partial charge in [-0.1, -0.05) is 0 Å². The summed E-state index contributed by atoms with van der Waals surface area (Å²) in [5, 5.41) is 0. The molecule has 56 valence electrons. The van der Waals surface area contributed by atoms with Gasteiger partial charge < -0.3 is 4.42 Å². The molecule has 0 saturated carbocycles. The number of nitrogens with zero attached hydrogens (tertiary/aromatic N) is 2. The normalized spacial score (nSPS) is 10.7. The average molecular weight is 148 g/mol. The molecule has 0 aliphatic carbocycles. The van der Waals surface area contributed by atoms with Gasteiger partial charge in [0.1, 0.15) is 5.52 Å². The van der Waals surface area contributed by atoms with Crippen molar-refractivity contribution in [1.82, 2.24) is 9.97 Å². The van der Waals surface area contributed by atoms with E-state index < -0.39 is 0 Å². The minimum atomic E-state index is 0.619. The Morgan fingerprint density at radius 3 is 3.00 bits per heavy atom. The van der Waals surface area contributed by atoms with Crippen molar-refractivity contribution in [3.63, 3.8) is 0 Å². The van der Waals surface area contributed by atoms with E-state index in [1.165, 1.54) is 0 Å². The van der Waals surface area contributed by atoms with Gasteiger partial charge in [-0.3, -0.25) is 0 Å². The Hall–Kier alpha value is -1.38. The van der Waals surface area contributed by atoms with Gasteiger partial charge in [0.05, 0.1) is 0 Å². The smallest absolute Gasteiger partial charge is 0.246 e. The summed E-state index contributed by atoms with van der Waals surface area (Å²) in [5.41, 5.74) is 2.56. The second-order valence-corrected chi connectivity index (χ2v) is 2.57. The highest BCUT2D eigenvalue weighted by molar-refractivity contribution is 5.68. The molecule has 2 aromatic heterocycles. The second kappa shape index (κ2) is 2.05. The summed E-state index contributed by atoms with van der Waals surface area (Å²) in [6.07, 6.45) is 1.77. The van der Waals surface area contributed by atoms with Crippen LogP contribution in [0.25, 0.3) is 11.2 Å². The molecule has 0 fully saturated rings. The van der Waals surface area contributed by atoms with E-state index in [2.05, 4.69) is 9.97 Å². The van der Waals surface area contributed by atoms with Crippen LogP contribution in [0, 0.1) is 13.8 Å². The van der Waals surface area contributed by atoms with Gasteiger partial charge in [-0.05, 0) is 18.6 Å². The maximum Gasteiger partial charge on any atom is 0.246 e. The first-order chi connectivity index (χ1) is 5.25. The van der Waals surface area contributed by atoms with Gasteiger partial charge in [0.2, 0.25) is 5.71 Å². The number of fused-ring (bicyclic) bond motifs is 1. The van der Waals surface area contributed by atoms with Crippen LogP contribution in [0.5, 0.6) is 0 Å². The van der Waals surface area contributed by atoms with Crippen LogP contribution >= 0.6 is 0 Å². The third-order valence-corrected chi connectivity index (χ3v) is 1.49. The van der Waals surface area contributed by atoms with E-state index in [9.17, 15) is 0 Å². The molecule has 3 heteroatoms. The molecular formula is C8H8N2O. The lowest BCUT2D eigenvalue weighted by Gasteiger charge is -1.86. The Kier molecular flexibility index (Phi) is 1.18. The molecule has 0 bridgehead atoms. The van der Waals surface area contributed by atoms with Crippen molar-refractivity contribution in [2.45, 2.75) is 13.8 Å². The van der Waals surface area contributed by atoms with Gasteiger partial charge in [-0.15, -0.1) is 0 Å². The molecule has 0 aromatic carbocycles. The van der Waals surface area contributed by atoms with Gasteiger partial charge >= 0.3 is 0 Å². The fourth-order valence-electron chi connectivity index (χ4n) is 1.03. The fraction of sp³-hybridized carbons (Fsp3) is 0.250. The zero-order valence-corrected chi connectivity index (χ0v) is 6.46. The Balaban J connectivity index is 2.82. The van der Waals surface area contributed by atoms with Gasteiger partial charge in [-0.25, -0.2) is 9.97 Å². The summed E-state index contributed by atoms with van der Waals surface area (Å²) in [6, 6.07) is 1.96. The highest BCUT2D eigenvalue weighted by Gasteiger charge is 2.01. The van der Waals surface area contributed by atoms with Crippen LogP contribution in [0.4, 0.5) is 0 Å². The van der Waals surface area contributed by atoms with Crippen LogP contribution in [0.2, 0.25) is 0 Å². The highest BCUT2D eigenvalue weighted by Crippen LogP contribution is 2.12. The Morgan fingerprint density at radius 1 is 1.36 bits per heavy atom. The molecule has 0 spiro atoms. The lowest BCUT2D eigenvalue weighted by atomic mass is 10.3. The van der Waals surface area contributed by atoms with Crippen molar-refractivity contribution in [3.8, 4) is 0 Å². The lowest BCUT2D eigenvalue weighted by Crippen LogP contribution is -1.76. The summed E-state index contributed by atoms with van der Waals surface area (Å²) in [7, 11) is 0. The molecular weight excluding hydrogens is 140 g/mol. The monoisotopic (exact) mass is 148 g/mol. The Bertz CT molecular complexity index is 392. The first-order valence-electron chi connectivity index (χ1n) is 3.45. The Morgan fingerprint density at radius 2 is 2.18 bits per heavy atom. The van der Waals surface area contributed by atoms with Crippen LogP contribution < -0.4 is 0 Å². The fourth-order valence-corrected chi connectivity index (χ4v) is 1.03. The summed E-state index contributed by atoms with van der Waals surface area (Å²) in [6.45, 7) is 3.80. The SMILES string of the molecule is Cc1cnc2oc(C)nc2c1. The van der Waals surface area contributed by atoms with Crippen LogP contribution in [0.3, 0.4) is 0 Å². The minimum absolute atomic E-state index is 0.619. The maximum absolute atomic E-state index is 5.20. The summed E-state index contributed by atoms with van der Waals surface area (Å²) in [4.78, 5) is 8.22. The number of oxazole rings is 1. The number of aromatic nitrogens is 2. The van der Waals surface area contributed by atoms with Crippen LogP contribution in [0.15, 0.2) is 16.7 Å². The Labute approximate surface area is 64.1 Å². The molecule has 0 saturated heterocycles. The topological polar surface area (TPSA) is 38.9 Å². The zero-order chi connectivity index (χ0) is 7.84. The second-order valence-electron chi connectivity index (χ2n) is 2.57. The van der Waals surface area contributed by atoms with Crippen molar-refractivity contribution < 1.29 is 4.42 Å². The molecule has 2 aromatic rings. The first-order valence-corrected chi connectivity index (χ1v) is 3.45. The molecule has 2 heterocycles. The molecule has 0 amide bonds. The van der Waals surface area contributed by atoms with E-state index in [0.717, 1.165) is 11.1 Å². The van der Waals surface area contributed by atoms with E-state index in [4.69, 9.17) is 4.42 Å². The third kappa shape index (κ3) is 0.981. The number of aryl methyl sites for hydroxylation is 2. The predicted molar refractivity (Wildman–Crippen MR) is 41.3 cm³/mol. The van der Waals surface area contributed by atoms with E-state index >= 15 is 0 Å². The summed E-state index contributed by atoms with van der Waals surface area (Å²) in [5.74, 6) is 0.665. The lowest BCUT2D eigenvalue weighted by molar-refractivity contribution is 0.551. The van der Waals surface area contributed by atoms with E-state index in [1.54, 1.807) is 6.20 Å². The zero-order valence-electron chi connectivity index (χ0n) is 6.46. The molecule has 0 radical (unpaired) electrons. The maximum atomic E-state index is 5.20. The van der Waals surface area contributed by atoms with Crippen LogP contribution in [-0.4, -0.2) is 9.97 Å². The van der Waals surface area contributed by atoms with Crippen molar-refractivity contribution >= 4 is 11.2 Å². The summed E-state index contributed by atoms with van der Waals surface area (Å²) >= 11 is 0. The predicted octanol–water partition coefficient (Wildman–Crippen LogP) is 1.84. The molecule has 3 nitrogen and oxygen atoms in total. The molecule has 0 aliphatic rings. The van der Waals surface area contributed by atoms with Crippen molar-refractivity contribution in [2.24, 2.45) is 0 Å². The molecule has 0 unspecified atom stereocenters. The van der Waals surface area contributed by atoms with Gasteiger partial charge in [0, 0.05) is 13.1 Å². The quantitative estimate of drug-likeness (QED) is 0.572. The minimum Gasteiger partial charge on any atom is -0.423 e. The van der Waals surface area contributed by atoms with Gasteiger partial charge in [0.25, 0.3) is 0 Å².